The van der Waals surface area contributed by atoms with Crippen molar-refractivity contribution in [3.05, 3.63) is 40.4 Å². The van der Waals surface area contributed by atoms with Gasteiger partial charge in [-0.1, -0.05) is 46.3 Å². The third-order valence-corrected chi connectivity index (χ3v) is 2.49. The van der Waals surface area contributed by atoms with Gasteiger partial charge in [-0.3, -0.25) is 0 Å². The Morgan fingerprint density at radius 1 is 1.38 bits per heavy atom. The number of hydrogen-bond acceptors (Lipinski definition) is 1. The van der Waals surface area contributed by atoms with Crippen molar-refractivity contribution in [1.82, 2.24) is 5.32 Å². The van der Waals surface area contributed by atoms with Crippen LogP contribution in [0.15, 0.2) is 34.8 Å². The first-order valence-electron chi connectivity index (χ1n) is 4.40. The third-order valence-electron chi connectivity index (χ3n) is 1.76. The van der Waals surface area contributed by atoms with Crippen molar-refractivity contribution in [2.24, 2.45) is 0 Å². The molecule has 0 fully saturated rings. The van der Waals surface area contributed by atoms with Crippen molar-refractivity contribution >= 4 is 22.0 Å². The lowest BCUT2D eigenvalue weighted by Crippen LogP contribution is -2.05. The van der Waals surface area contributed by atoms with E-state index in [4.69, 9.17) is 0 Å². The number of halogens is 1. The van der Waals surface area contributed by atoms with Gasteiger partial charge in [-0.05, 0) is 31.6 Å². The summed E-state index contributed by atoms with van der Waals surface area (Å²) in [5.41, 5.74) is 1.23. The molecular weight excluding hydrogens is 226 g/mol. The molecule has 0 aliphatic heterocycles. The molecule has 0 spiro atoms. The minimum atomic E-state index is 1.03. The molecule has 1 nitrogen and oxygen atoms in total. The van der Waals surface area contributed by atoms with Crippen molar-refractivity contribution in [3.8, 4) is 0 Å². The first-order chi connectivity index (χ1) is 6.34. The zero-order valence-electron chi connectivity index (χ0n) is 7.76. The smallest absolute Gasteiger partial charge is 0.0247 e. The fraction of sp³-hybridized carbons (Fsp3) is 0.273. The summed E-state index contributed by atoms with van der Waals surface area (Å²) in [6, 6.07) is 8.22. The molecule has 1 aromatic carbocycles. The second kappa shape index (κ2) is 5.95. The van der Waals surface area contributed by atoms with E-state index in [1.807, 2.05) is 19.2 Å². The van der Waals surface area contributed by atoms with E-state index in [0.29, 0.717) is 0 Å². The van der Waals surface area contributed by atoms with Crippen LogP contribution in [0.25, 0.3) is 6.08 Å². The van der Waals surface area contributed by atoms with E-state index in [2.05, 4.69) is 45.5 Å². The second-order valence-electron chi connectivity index (χ2n) is 2.82. The van der Waals surface area contributed by atoms with Crippen LogP contribution in [0.4, 0.5) is 0 Å². The Labute approximate surface area is 88.0 Å². The summed E-state index contributed by atoms with van der Waals surface area (Å²) >= 11 is 3.50. The van der Waals surface area contributed by atoms with E-state index >= 15 is 0 Å². The normalized spacial score (nSPS) is 10.9. The Bertz CT molecular complexity index is 281. The van der Waals surface area contributed by atoms with E-state index in [9.17, 15) is 0 Å². The number of rotatable bonds is 4. The SMILES string of the molecule is CNCC/C=C\c1ccccc1Br. The van der Waals surface area contributed by atoms with Crippen molar-refractivity contribution in [3.63, 3.8) is 0 Å². The Morgan fingerprint density at radius 2 is 2.15 bits per heavy atom. The summed E-state index contributed by atoms with van der Waals surface area (Å²) in [7, 11) is 1.96. The summed E-state index contributed by atoms with van der Waals surface area (Å²) in [5, 5.41) is 3.11. The highest BCUT2D eigenvalue weighted by molar-refractivity contribution is 9.10. The number of nitrogens with one attached hydrogen (secondary N) is 1. The molecule has 0 atom stereocenters. The van der Waals surface area contributed by atoms with Crippen LogP contribution in [0.2, 0.25) is 0 Å². The molecular formula is C11H14BrN. The molecule has 0 aromatic heterocycles. The molecule has 0 bridgehead atoms. The minimum Gasteiger partial charge on any atom is -0.319 e. The zero-order chi connectivity index (χ0) is 9.52. The van der Waals surface area contributed by atoms with Crippen LogP contribution in [0.1, 0.15) is 12.0 Å². The second-order valence-corrected chi connectivity index (χ2v) is 3.67. The van der Waals surface area contributed by atoms with Gasteiger partial charge in [-0.15, -0.1) is 0 Å². The fourth-order valence-electron chi connectivity index (χ4n) is 1.05. The first kappa shape index (κ1) is 10.5. The molecule has 0 aliphatic carbocycles. The Balaban J connectivity index is 2.53. The Hall–Kier alpha value is -0.600. The third kappa shape index (κ3) is 3.75. The van der Waals surface area contributed by atoms with Gasteiger partial charge in [0.25, 0.3) is 0 Å². The van der Waals surface area contributed by atoms with Crippen LogP contribution in [-0.2, 0) is 0 Å². The average molecular weight is 240 g/mol. The molecule has 1 N–H and O–H groups in total. The summed E-state index contributed by atoms with van der Waals surface area (Å²) in [6.07, 6.45) is 5.38. The fourth-order valence-corrected chi connectivity index (χ4v) is 1.47. The maximum atomic E-state index is 3.50. The zero-order valence-corrected chi connectivity index (χ0v) is 9.34. The van der Waals surface area contributed by atoms with Crippen LogP contribution in [-0.4, -0.2) is 13.6 Å². The molecule has 0 saturated carbocycles. The summed E-state index contributed by atoms with van der Waals surface area (Å²) < 4.78 is 1.15. The summed E-state index contributed by atoms with van der Waals surface area (Å²) in [6.45, 7) is 1.03. The lowest BCUT2D eigenvalue weighted by Gasteiger charge is -1.96. The maximum Gasteiger partial charge on any atom is 0.0247 e. The molecule has 0 aliphatic rings. The lowest BCUT2D eigenvalue weighted by molar-refractivity contribution is 0.809. The quantitative estimate of drug-likeness (QED) is 0.797. The van der Waals surface area contributed by atoms with Crippen LogP contribution < -0.4 is 5.32 Å². The molecule has 0 saturated heterocycles. The summed E-state index contributed by atoms with van der Waals surface area (Å²) in [4.78, 5) is 0. The van der Waals surface area contributed by atoms with Gasteiger partial charge < -0.3 is 5.32 Å². The van der Waals surface area contributed by atoms with Crippen molar-refractivity contribution in [2.45, 2.75) is 6.42 Å². The summed E-state index contributed by atoms with van der Waals surface area (Å²) in [5.74, 6) is 0. The Morgan fingerprint density at radius 3 is 2.85 bits per heavy atom. The topological polar surface area (TPSA) is 12.0 Å². The Kier molecular flexibility index (Phi) is 4.79. The average Bonchev–Trinajstić information content (AvgIpc) is 2.15. The molecule has 0 radical (unpaired) electrons. The highest BCUT2D eigenvalue weighted by atomic mass is 79.9. The monoisotopic (exact) mass is 239 g/mol. The van der Waals surface area contributed by atoms with Gasteiger partial charge in [-0.2, -0.15) is 0 Å². The van der Waals surface area contributed by atoms with E-state index in [1.165, 1.54) is 5.56 Å². The van der Waals surface area contributed by atoms with Gasteiger partial charge in [0.15, 0.2) is 0 Å². The van der Waals surface area contributed by atoms with Gasteiger partial charge in [0.05, 0.1) is 0 Å². The van der Waals surface area contributed by atoms with Gasteiger partial charge >= 0.3 is 0 Å². The number of benzene rings is 1. The lowest BCUT2D eigenvalue weighted by atomic mass is 10.2. The molecule has 13 heavy (non-hydrogen) atoms. The minimum absolute atomic E-state index is 1.03. The molecule has 0 amide bonds. The van der Waals surface area contributed by atoms with Crippen molar-refractivity contribution in [1.29, 1.82) is 0 Å². The highest BCUT2D eigenvalue weighted by Gasteiger charge is 1.91. The highest BCUT2D eigenvalue weighted by Crippen LogP contribution is 2.17. The predicted molar refractivity (Wildman–Crippen MR) is 61.7 cm³/mol. The maximum absolute atomic E-state index is 3.50. The van der Waals surface area contributed by atoms with E-state index in [1.54, 1.807) is 0 Å². The molecule has 0 heterocycles. The van der Waals surface area contributed by atoms with Crippen molar-refractivity contribution < 1.29 is 0 Å². The van der Waals surface area contributed by atoms with Crippen LogP contribution >= 0.6 is 15.9 Å². The van der Waals surface area contributed by atoms with Crippen LogP contribution in [0.5, 0.6) is 0 Å². The predicted octanol–water partition coefficient (Wildman–Crippen LogP) is 3.07. The molecule has 0 unspecified atom stereocenters. The molecule has 1 rings (SSSR count). The molecule has 2 heteroatoms. The molecule has 1 aromatic rings. The van der Waals surface area contributed by atoms with Crippen LogP contribution in [0.3, 0.4) is 0 Å². The first-order valence-corrected chi connectivity index (χ1v) is 5.19. The van der Waals surface area contributed by atoms with E-state index in [-0.39, 0.29) is 0 Å². The number of hydrogen-bond donors (Lipinski definition) is 1. The van der Waals surface area contributed by atoms with E-state index < -0.39 is 0 Å². The van der Waals surface area contributed by atoms with Gasteiger partial charge in [-0.25, -0.2) is 0 Å². The van der Waals surface area contributed by atoms with Crippen LogP contribution in [0, 0.1) is 0 Å². The van der Waals surface area contributed by atoms with Gasteiger partial charge in [0.2, 0.25) is 0 Å². The van der Waals surface area contributed by atoms with Gasteiger partial charge in [0.1, 0.15) is 0 Å². The van der Waals surface area contributed by atoms with E-state index in [0.717, 1.165) is 17.4 Å². The largest absolute Gasteiger partial charge is 0.319 e. The molecule has 70 valence electrons. The standard InChI is InChI=1S/C11H14BrN/c1-13-9-5-4-7-10-6-2-3-8-11(10)12/h2-4,6-8,13H,5,9H2,1H3/b7-4-. The van der Waals surface area contributed by atoms with Gasteiger partial charge in [0, 0.05) is 4.47 Å². The van der Waals surface area contributed by atoms with Crippen molar-refractivity contribution in [2.75, 3.05) is 13.6 Å².